The summed E-state index contributed by atoms with van der Waals surface area (Å²) < 4.78 is 8.94. The van der Waals surface area contributed by atoms with Gasteiger partial charge in [0.2, 0.25) is 5.78 Å². The van der Waals surface area contributed by atoms with Gasteiger partial charge in [-0.3, -0.25) is 13.5 Å². The Labute approximate surface area is 326 Å². The van der Waals surface area contributed by atoms with Gasteiger partial charge in [-0.05, 0) is 100 Å². The second-order valence-corrected chi connectivity index (χ2v) is 16.7. The predicted octanol–water partition coefficient (Wildman–Crippen LogP) is 12.3. The summed E-state index contributed by atoms with van der Waals surface area (Å²) in [7, 11) is 0. The number of rotatable bonds is 6. The minimum atomic E-state index is -0.0142. The molecule has 0 N–H and O–H groups in total. The van der Waals surface area contributed by atoms with Crippen molar-refractivity contribution in [2.75, 3.05) is 0 Å². The summed E-state index contributed by atoms with van der Waals surface area (Å²) >= 11 is 0. The van der Waals surface area contributed by atoms with Gasteiger partial charge in [-0.1, -0.05) is 103 Å². The van der Waals surface area contributed by atoms with Crippen LogP contribution in [-0.2, 0) is 5.41 Å². The molecule has 56 heavy (non-hydrogen) atoms. The second kappa shape index (κ2) is 12.5. The van der Waals surface area contributed by atoms with Crippen LogP contribution in [-0.4, -0.2) is 33.3 Å². The summed E-state index contributed by atoms with van der Waals surface area (Å²) in [6, 6.07) is 41.5. The van der Waals surface area contributed by atoms with Crippen molar-refractivity contribution in [3.8, 4) is 28.3 Å². The Morgan fingerprint density at radius 2 is 1.30 bits per heavy atom. The van der Waals surface area contributed by atoms with Crippen LogP contribution in [0.5, 0.6) is 0 Å². The van der Waals surface area contributed by atoms with E-state index in [-0.39, 0.29) is 5.41 Å². The molecule has 5 aromatic heterocycles. The fourth-order valence-electron chi connectivity index (χ4n) is 8.62. The van der Waals surface area contributed by atoms with Crippen molar-refractivity contribution in [3.05, 3.63) is 151 Å². The predicted molar refractivity (Wildman–Crippen MR) is 231 cm³/mol. The average molecular weight is 732 g/mol. The number of benzene rings is 5. The van der Waals surface area contributed by atoms with Crippen molar-refractivity contribution in [2.45, 2.75) is 65.7 Å². The van der Waals surface area contributed by atoms with Gasteiger partial charge in [0.15, 0.2) is 0 Å². The van der Waals surface area contributed by atoms with E-state index >= 15 is 0 Å². The van der Waals surface area contributed by atoms with Gasteiger partial charge >= 0.3 is 0 Å². The van der Waals surface area contributed by atoms with Gasteiger partial charge in [0, 0.05) is 28.7 Å². The molecule has 0 unspecified atom stereocenters. The standard InChI is InChI=1S/C49H45N7/c1-30(2)36-17-13-18-37(31(3)4)47(36)32-28-51-53(29-32)34-14-12-15-35(25-34)54-45-27-43-39(26-44(45)56-42-21-11-9-19-40(42)52-48(54)56)38-16-8-10-20-41(38)55(43)46-24-33(22-23-50-46)49(5,6)7/h8-31H,1-7H3. The van der Waals surface area contributed by atoms with E-state index in [9.17, 15) is 0 Å². The molecular weight excluding hydrogens is 687 g/mol. The lowest BCUT2D eigenvalue weighted by molar-refractivity contribution is 0.588. The molecule has 0 bridgehead atoms. The zero-order valence-corrected chi connectivity index (χ0v) is 33.0. The summed E-state index contributed by atoms with van der Waals surface area (Å²) in [6.45, 7) is 15.8. The summed E-state index contributed by atoms with van der Waals surface area (Å²) in [5.74, 6) is 2.57. The highest BCUT2D eigenvalue weighted by Gasteiger charge is 2.23. The summed E-state index contributed by atoms with van der Waals surface area (Å²) in [6.07, 6.45) is 6.14. The van der Waals surface area contributed by atoms with Crippen LogP contribution in [0.1, 0.15) is 77.0 Å². The van der Waals surface area contributed by atoms with E-state index in [1.54, 1.807) is 0 Å². The topological polar surface area (TPSA) is 57.9 Å². The first kappa shape index (κ1) is 34.1. The van der Waals surface area contributed by atoms with Crippen molar-refractivity contribution in [1.29, 1.82) is 0 Å². The van der Waals surface area contributed by atoms with Crippen molar-refractivity contribution >= 4 is 49.7 Å². The normalized spacial score (nSPS) is 12.5. The van der Waals surface area contributed by atoms with Crippen LogP contribution in [0, 0.1) is 0 Å². The summed E-state index contributed by atoms with van der Waals surface area (Å²) in [5, 5.41) is 7.32. The number of imidazole rings is 2. The zero-order chi connectivity index (χ0) is 38.5. The van der Waals surface area contributed by atoms with Crippen molar-refractivity contribution < 1.29 is 0 Å². The molecule has 7 nitrogen and oxygen atoms in total. The maximum Gasteiger partial charge on any atom is 0.220 e. The van der Waals surface area contributed by atoms with Crippen LogP contribution in [0.4, 0.5) is 0 Å². The van der Waals surface area contributed by atoms with Crippen molar-refractivity contribution in [3.63, 3.8) is 0 Å². The number of fused-ring (bicyclic) bond motifs is 8. The first-order valence-corrected chi connectivity index (χ1v) is 19.7. The molecule has 10 rings (SSSR count). The Hall–Kier alpha value is -6.47. The molecule has 0 fully saturated rings. The van der Waals surface area contributed by atoms with Crippen LogP contribution in [0.2, 0.25) is 0 Å². The molecular formula is C49H45N7. The van der Waals surface area contributed by atoms with Crippen molar-refractivity contribution in [1.82, 2.24) is 33.3 Å². The SMILES string of the molecule is CC(C)c1cccc(C(C)C)c1-c1cnn(-c2cccc(-n3c4cc5c(cc4n4c6ccccc6nc34)c3ccccc3n5-c3cc(C(C)(C)C)ccn3)c2)c1. The number of hydrogen-bond acceptors (Lipinski definition) is 3. The fraction of sp³-hybridized carbons (Fsp3) is 0.204. The van der Waals surface area contributed by atoms with Crippen LogP contribution in [0.25, 0.3) is 78.0 Å². The molecule has 0 aliphatic rings. The van der Waals surface area contributed by atoms with Gasteiger partial charge in [0.1, 0.15) is 5.82 Å². The number of pyridine rings is 1. The Kier molecular flexibility index (Phi) is 7.62. The molecule has 7 heteroatoms. The highest BCUT2D eigenvalue weighted by molar-refractivity contribution is 6.13. The van der Waals surface area contributed by atoms with E-state index in [4.69, 9.17) is 15.1 Å². The summed E-state index contributed by atoms with van der Waals surface area (Å²) in [5.41, 5.74) is 14.8. The van der Waals surface area contributed by atoms with Gasteiger partial charge in [-0.2, -0.15) is 5.10 Å². The Balaban J connectivity index is 1.22. The number of para-hydroxylation sites is 3. The third kappa shape index (κ3) is 5.21. The first-order chi connectivity index (χ1) is 27.1. The number of nitrogens with zero attached hydrogens (tertiary/aromatic N) is 7. The highest BCUT2D eigenvalue weighted by Crippen LogP contribution is 2.39. The molecule has 0 saturated carbocycles. The van der Waals surface area contributed by atoms with E-state index in [2.05, 4.69) is 183 Å². The van der Waals surface area contributed by atoms with E-state index < -0.39 is 0 Å². The quantitative estimate of drug-likeness (QED) is 0.171. The zero-order valence-electron chi connectivity index (χ0n) is 33.0. The molecule has 0 atom stereocenters. The van der Waals surface area contributed by atoms with Crippen LogP contribution in [0.15, 0.2) is 134 Å². The van der Waals surface area contributed by atoms with E-state index in [0.29, 0.717) is 11.8 Å². The molecule has 0 saturated heterocycles. The number of hydrogen-bond donors (Lipinski definition) is 0. The lowest BCUT2D eigenvalue weighted by Gasteiger charge is -2.20. The summed E-state index contributed by atoms with van der Waals surface area (Å²) in [4.78, 5) is 10.2. The molecule has 5 heterocycles. The average Bonchev–Trinajstić information content (AvgIpc) is 3.97. The Bertz CT molecular complexity index is 3110. The third-order valence-corrected chi connectivity index (χ3v) is 11.4. The molecule has 276 valence electrons. The first-order valence-electron chi connectivity index (χ1n) is 19.7. The van der Waals surface area contributed by atoms with Crippen LogP contribution in [0.3, 0.4) is 0 Å². The maximum atomic E-state index is 5.27. The molecule has 0 spiro atoms. The third-order valence-electron chi connectivity index (χ3n) is 11.4. The van der Waals surface area contributed by atoms with E-state index in [1.165, 1.54) is 33.0 Å². The van der Waals surface area contributed by atoms with Crippen LogP contribution >= 0.6 is 0 Å². The largest absolute Gasteiger partial charge is 0.294 e. The fourth-order valence-corrected chi connectivity index (χ4v) is 8.62. The Morgan fingerprint density at radius 3 is 2.07 bits per heavy atom. The van der Waals surface area contributed by atoms with Gasteiger partial charge in [-0.25, -0.2) is 14.6 Å². The Morgan fingerprint density at radius 1 is 0.589 bits per heavy atom. The molecule has 5 aromatic carbocycles. The molecule has 0 aliphatic carbocycles. The molecule has 10 aromatic rings. The van der Waals surface area contributed by atoms with E-state index in [0.717, 1.165) is 61.6 Å². The molecule has 0 aliphatic heterocycles. The molecule has 0 radical (unpaired) electrons. The highest BCUT2D eigenvalue weighted by atomic mass is 15.3. The van der Waals surface area contributed by atoms with Crippen LogP contribution < -0.4 is 0 Å². The van der Waals surface area contributed by atoms with Gasteiger partial charge < -0.3 is 0 Å². The van der Waals surface area contributed by atoms with Gasteiger partial charge in [-0.15, -0.1) is 0 Å². The smallest absolute Gasteiger partial charge is 0.220 e. The van der Waals surface area contributed by atoms with Crippen molar-refractivity contribution in [2.24, 2.45) is 0 Å². The maximum absolute atomic E-state index is 5.27. The monoisotopic (exact) mass is 731 g/mol. The van der Waals surface area contributed by atoms with Gasteiger partial charge in [0.05, 0.1) is 50.7 Å². The van der Waals surface area contributed by atoms with E-state index in [1.807, 2.05) is 17.1 Å². The minimum Gasteiger partial charge on any atom is -0.294 e. The lowest BCUT2D eigenvalue weighted by atomic mass is 9.86. The lowest BCUT2D eigenvalue weighted by Crippen LogP contribution is -2.12. The number of aromatic nitrogens is 7. The minimum absolute atomic E-state index is 0.0142. The molecule has 0 amide bonds. The second-order valence-electron chi connectivity index (χ2n) is 16.7. The van der Waals surface area contributed by atoms with Gasteiger partial charge in [0.25, 0.3) is 0 Å².